The number of hydrogen-bond donors (Lipinski definition) is 1. The molecule has 2 fully saturated rings. The molecule has 4 atom stereocenters. The van der Waals surface area contributed by atoms with E-state index in [4.69, 9.17) is 5.73 Å². The number of fused-ring (bicyclic) bond motifs is 2. The van der Waals surface area contributed by atoms with E-state index in [0.29, 0.717) is 23.5 Å². The van der Waals surface area contributed by atoms with Gasteiger partial charge in [0.2, 0.25) is 0 Å². The van der Waals surface area contributed by atoms with E-state index in [-0.39, 0.29) is 12.0 Å². The molecule has 0 radical (unpaired) electrons. The molecule has 4 unspecified atom stereocenters. The number of nitrogens with two attached hydrogens (primary N) is 1. The average molecular weight is 195 g/mol. The van der Waals surface area contributed by atoms with Crippen LogP contribution in [0.25, 0.3) is 0 Å². The van der Waals surface area contributed by atoms with Gasteiger partial charge in [-0.05, 0) is 37.0 Å². The van der Waals surface area contributed by atoms with Crippen LogP contribution < -0.4 is 5.73 Å². The molecule has 2 rings (SSSR count). The smallest absolute Gasteiger partial charge is 0.138 e. The van der Waals surface area contributed by atoms with Crippen LogP contribution in [0.1, 0.15) is 39.5 Å². The summed E-state index contributed by atoms with van der Waals surface area (Å²) in [5.74, 6) is 2.40. The molecule has 0 aromatic heterocycles. The molecule has 80 valence electrons. The first-order valence-electron chi connectivity index (χ1n) is 5.88. The van der Waals surface area contributed by atoms with E-state index in [2.05, 4.69) is 13.8 Å². The van der Waals surface area contributed by atoms with Crippen LogP contribution in [0.15, 0.2) is 0 Å². The van der Waals surface area contributed by atoms with Crippen molar-refractivity contribution in [3.05, 3.63) is 0 Å². The summed E-state index contributed by atoms with van der Waals surface area (Å²) in [6.45, 7) is 4.22. The highest BCUT2D eigenvalue weighted by atomic mass is 16.1. The van der Waals surface area contributed by atoms with Crippen LogP contribution >= 0.6 is 0 Å². The first-order valence-corrected chi connectivity index (χ1v) is 5.88. The molecule has 2 aliphatic rings. The van der Waals surface area contributed by atoms with Crippen molar-refractivity contribution in [2.45, 2.75) is 45.6 Å². The summed E-state index contributed by atoms with van der Waals surface area (Å²) in [5.41, 5.74) is 6.12. The van der Waals surface area contributed by atoms with Gasteiger partial charge in [0.25, 0.3) is 0 Å². The van der Waals surface area contributed by atoms with Crippen LogP contribution in [0, 0.1) is 23.7 Å². The zero-order valence-electron chi connectivity index (χ0n) is 9.20. The lowest BCUT2D eigenvalue weighted by molar-refractivity contribution is -0.125. The molecule has 2 N–H and O–H groups in total. The second kappa shape index (κ2) is 3.65. The molecule has 0 heterocycles. The van der Waals surface area contributed by atoms with Crippen LogP contribution in [0.5, 0.6) is 0 Å². The number of rotatable bonds is 3. The van der Waals surface area contributed by atoms with E-state index in [1.807, 2.05) is 0 Å². The molecule has 2 bridgehead atoms. The van der Waals surface area contributed by atoms with Crippen LogP contribution in [0.4, 0.5) is 0 Å². The highest BCUT2D eigenvalue weighted by Crippen LogP contribution is 2.48. The summed E-state index contributed by atoms with van der Waals surface area (Å²) in [7, 11) is 0. The van der Waals surface area contributed by atoms with E-state index in [1.54, 1.807) is 0 Å². The second-order valence-electron chi connectivity index (χ2n) is 5.50. The van der Waals surface area contributed by atoms with Crippen LogP contribution in [-0.2, 0) is 4.79 Å². The van der Waals surface area contributed by atoms with Crippen LogP contribution in [-0.4, -0.2) is 11.8 Å². The molecule has 0 aromatic carbocycles. The fourth-order valence-electron chi connectivity index (χ4n) is 3.35. The number of hydrogen-bond acceptors (Lipinski definition) is 2. The molecule has 0 aromatic rings. The van der Waals surface area contributed by atoms with Gasteiger partial charge in [-0.15, -0.1) is 0 Å². The minimum absolute atomic E-state index is 0.181. The third-order valence-corrected chi connectivity index (χ3v) is 3.96. The van der Waals surface area contributed by atoms with Gasteiger partial charge in [0, 0.05) is 18.4 Å². The molecule has 14 heavy (non-hydrogen) atoms. The van der Waals surface area contributed by atoms with E-state index in [9.17, 15) is 4.79 Å². The second-order valence-corrected chi connectivity index (χ2v) is 5.50. The van der Waals surface area contributed by atoms with Gasteiger partial charge in [-0.3, -0.25) is 4.79 Å². The van der Waals surface area contributed by atoms with Gasteiger partial charge in [0.15, 0.2) is 0 Å². The molecular weight excluding hydrogens is 174 g/mol. The lowest BCUT2D eigenvalue weighted by Gasteiger charge is -2.27. The SMILES string of the molecule is CC(C)CC(=O)C1C2CCC(C2)C1N. The molecular formula is C12H21NO. The number of Topliss-reactive ketones (excluding diaryl/α,β-unsaturated/α-hetero) is 1. The van der Waals surface area contributed by atoms with Crippen LogP contribution in [0.2, 0.25) is 0 Å². The number of carbonyl (C=O) groups is 1. The van der Waals surface area contributed by atoms with Gasteiger partial charge < -0.3 is 5.73 Å². The van der Waals surface area contributed by atoms with Crippen LogP contribution in [0.3, 0.4) is 0 Å². The summed E-state index contributed by atoms with van der Waals surface area (Å²) in [4.78, 5) is 12.0. The Balaban J connectivity index is 2.01. The van der Waals surface area contributed by atoms with Crippen molar-refractivity contribution in [1.82, 2.24) is 0 Å². The standard InChI is InChI=1S/C12H21NO/c1-7(2)5-10(14)11-8-3-4-9(6-8)12(11)13/h7-9,11-12H,3-6,13H2,1-2H3. The Bertz CT molecular complexity index is 234. The van der Waals surface area contributed by atoms with Crippen molar-refractivity contribution in [2.75, 3.05) is 0 Å². The van der Waals surface area contributed by atoms with Gasteiger partial charge in [0.05, 0.1) is 0 Å². The predicted molar refractivity (Wildman–Crippen MR) is 56.8 cm³/mol. The fraction of sp³-hybridized carbons (Fsp3) is 0.917. The molecule has 0 saturated heterocycles. The summed E-state index contributed by atoms with van der Waals surface area (Å²) < 4.78 is 0. The lowest BCUT2D eigenvalue weighted by atomic mass is 9.80. The summed E-state index contributed by atoms with van der Waals surface area (Å²) in [6.07, 6.45) is 4.45. The van der Waals surface area contributed by atoms with Crippen molar-refractivity contribution < 1.29 is 4.79 Å². The Kier molecular flexibility index (Phi) is 2.65. The lowest BCUT2D eigenvalue weighted by Crippen LogP contribution is -2.40. The Morgan fingerprint density at radius 3 is 2.50 bits per heavy atom. The zero-order valence-corrected chi connectivity index (χ0v) is 9.20. The third-order valence-electron chi connectivity index (χ3n) is 3.96. The summed E-state index contributed by atoms with van der Waals surface area (Å²) >= 11 is 0. The fourth-order valence-corrected chi connectivity index (χ4v) is 3.35. The van der Waals surface area contributed by atoms with Gasteiger partial charge in [-0.1, -0.05) is 13.8 Å². The maximum absolute atomic E-state index is 12.0. The van der Waals surface area contributed by atoms with Crippen molar-refractivity contribution in [3.8, 4) is 0 Å². The highest BCUT2D eigenvalue weighted by molar-refractivity contribution is 5.82. The molecule has 2 nitrogen and oxygen atoms in total. The molecule has 2 saturated carbocycles. The Labute approximate surface area is 86.2 Å². The Morgan fingerprint density at radius 2 is 2.00 bits per heavy atom. The van der Waals surface area contributed by atoms with E-state index >= 15 is 0 Å². The Morgan fingerprint density at radius 1 is 1.36 bits per heavy atom. The maximum Gasteiger partial charge on any atom is 0.138 e. The first kappa shape index (κ1) is 10.2. The minimum atomic E-state index is 0.181. The van der Waals surface area contributed by atoms with Gasteiger partial charge >= 0.3 is 0 Å². The molecule has 2 aliphatic carbocycles. The van der Waals surface area contributed by atoms with Crippen molar-refractivity contribution in [3.63, 3.8) is 0 Å². The van der Waals surface area contributed by atoms with Gasteiger partial charge in [-0.2, -0.15) is 0 Å². The van der Waals surface area contributed by atoms with Crippen molar-refractivity contribution in [2.24, 2.45) is 29.4 Å². The van der Waals surface area contributed by atoms with Crippen molar-refractivity contribution in [1.29, 1.82) is 0 Å². The quantitative estimate of drug-likeness (QED) is 0.748. The largest absolute Gasteiger partial charge is 0.327 e. The number of ketones is 1. The minimum Gasteiger partial charge on any atom is -0.327 e. The molecule has 0 amide bonds. The zero-order chi connectivity index (χ0) is 10.3. The van der Waals surface area contributed by atoms with E-state index < -0.39 is 0 Å². The number of carbonyl (C=O) groups excluding carboxylic acids is 1. The van der Waals surface area contributed by atoms with E-state index in [1.165, 1.54) is 19.3 Å². The van der Waals surface area contributed by atoms with Crippen molar-refractivity contribution >= 4 is 5.78 Å². The van der Waals surface area contributed by atoms with Gasteiger partial charge in [-0.25, -0.2) is 0 Å². The molecule has 2 heteroatoms. The average Bonchev–Trinajstić information content (AvgIpc) is 2.61. The third kappa shape index (κ3) is 1.60. The molecule has 0 spiro atoms. The monoisotopic (exact) mass is 195 g/mol. The first-order chi connectivity index (χ1) is 6.59. The maximum atomic E-state index is 12.0. The molecule has 0 aliphatic heterocycles. The normalized spacial score (nSPS) is 40.9. The summed E-state index contributed by atoms with van der Waals surface area (Å²) in [5, 5.41) is 0. The summed E-state index contributed by atoms with van der Waals surface area (Å²) in [6, 6.07) is 0.181. The van der Waals surface area contributed by atoms with Gasteiger partial charge in [0.1, 0.15) is 5.78 Å². The Hall–Kier alpha value is -0.370. The predicted octanol–water partition coefficient (Wildman–Crippen LogP) is 1.98. The topological polar surface area (TPSA) is 43.1 Å². The van der Waals surface area contributed by atoms with E-state index in [0.717, 1.165) is 6.42 Å². The highest BCUT2D eigenvalue weighted by Gasteiger charge is 2.48.